The average molecular weight is 399 g/mol. The lowest BCUT2D eigenvalue weighted by molar-refractivity contribution is 0.0809. The number of unbranched alkanes of at least 4 members (excludes halogenated alkanes) is 2. The summed E-state index contributed by atoms with van der Waals surface area (Å²) in [7, 11) is 0. The van der Waals surface area contributed by atoms with E-state index < -0.39 is 0 Å². The molecule has 3 aliphatic carbocycles. The Morgan fingerprint density at radius 1 is 0.931 bits per heavy atom. The number of halogens is 1. The Balaban J connectivity index is 1.30. The molecule has 29 heavy (non-hydrogen) atoms. The zero-order valence-electron chi connectivity index (χ0n) is 18.3. The van der Waals surface area contributed by atoms with E-state index in [2.05, 4.69) is 25.1 Å². The van der Waals surface area contributed by atoms with Crippen molar-refractivity contribution >= 4 is 0 Å². The standard InChI is InChI=1S/C27H39FO/c1-2-3-4-15-29-27-12-11-25-18-24(9-10-26(25)19-27)23-8-7-21-16-20(13-14-28)5-6-22(21)17-23/h11-14,19-24H,2-10,15-18H2,1H3/t20-,21?,22+,23?,24?/m0/s1. The van der Waals surface area contributed by atoms with Crippen LogP contribution in [0.25, 0.3) is 0 Å². The van der Waals surface area contributed by atoms with Gasteiger partial charge in [-0.1, -0.05) is 31.9 Å². The van der Waals surface area contributed by atoms with Crippen molar-refractivity contribution in [1.82, 2.24) is 0 Å². The Labute approximate surface area is 177 Å². The van der Waals surface area contributed by atoms with Crippen molar-refractivity contribution in [2.24, 2.45) is 29.6 Å². The molecule has 5 atom stereocenters. The van der Waals surface area contributed by atoms with E-state index in [1.54, 1.807) is 5.56 Å². The van der Waals surface area contributed by atoms with Gasteiger partial charge in [0.05, 0.1) is 12.9 Å². The second-order valence-corrected chi connectivity index (χ2v) is 9.97. The Kier molecular flexibility index (Phi) is 7.32. The van der Waals surface area contributed by atoms with Crippen LogP contribution in [0, 0.1) is 29.6 Å². The van der Waals surface area contributed by atoms with E-state index in [4.69, 9.17) is 4.74 Å². The van der Waals surface area contributed by atoms with Gasteiger partial charge in [-0.15, -0.1) is 0 Å². The minimum atomic E-state index is 0.498. The van der Waals surface area contributed by atoms with Crippen LogP contribution in [0.1, 0.15) is 82.3 Å². The van der Waals surface area contributed by atoms with Gasteiger partial charge in [0.1, 0.15) is 5.75 Å². The molecule has 0 heterocycles. The van der Waals surface area contributed by atoms with Crippen LogP contribution < -0.4 is 4.74 Å². The summed E-state index contributed by atoms with van der Waals surface area (Å²) in [5, 5.41) is 0. The highest BCUT2D eigenvalue weighted by atomic mass is 19.1. The molecular weight excluding hydrogens is 359 g/mol. The maximum absolute atomic E-state index is 12.6. The van der Waals surface area contributed by atoms with Crippen LogP contribution in [0.2, 0.25) is 0 Å². The zero-order valence-corrected chi connectivity index (χ0v) is 18.3. The van der Waals surface area contributed by atoms with Gasteiger partial charge in [-0.25, -0.2) is 4.39 Å². The molecule has 2 heteroatoms. The smallest absolute Gasteiger partial charge is 0.119 e. The highest BCUT2D eigenvalue weighted by Crippen LogP contribution is 2.48. The molecule has 0 aliphatic heterocycles. The van der Waals surface area contributed by atoms with Crippen LogP contribution in [-0.4, -0.2) is 6.61 Å². The van der Waals surface area contributed by atoms with E-state index in [1.807, 2.05) is 6.08 Å². The molecule has 0 spiro atoms. The quantitative estimate of drug-likeness (QED) is 0.428. The summed E-state index contributed by atoms with van der Waals surface area (Å²) >= 11 is 0. The minimum absolute atomic E-state index is 0.498. The average Bonchev–Trinajstić information content (AvgIpc) is 2.76. The van der Waals surface area contributed by atoms with Gasteiger partial charge >= 0.3 is 0 Å². The molecule has 3 aliphatic rings. The molecule has 160 valence electrons. The lowest BCUT2D eigenvalue weighted by atomic mass is 9.61. The monoisotopic (exact) mass is 398 g/mol. The maximum Gasteiger partial charge on any atom is 0.119 e. The fourth-order valence-electron chi connectivity index (χ4n) is 6.46. The predicted molar refractivity (Wildman–Crippen MR) is 119 cm³/mol. The number of benzene rings is 1. The summed E-state index contributed by atoms with van der Waals surface area (Å²) in [6.07, 6.45) is 18.0. The third kappa shape index (κ3) is 5.25. The minimum Gasteiger partial charge on any atom is -0.494 e. The maximum atomic E-state index is 12.6. The predicted octanol–water partition coefficient (Wildman–Crippen LogP) is 7.68. The van der Waals surface area contributed by atoms with Gasteiger partial charge in [-0.3, -0.25) is 0 Å². The molecule has 2 saturated carbocycles. The molecule has 0 radical (unpaired) electrons. The van der Waals surface area contributed by atoms with Crippen LogP contribution in [0.5, 0.6) is 5.75 Å². The Hall–Kier alpha value is -1.31. The van der Waals surface area contributed by atoms with Crippen molar-refractivity contribution in [2.75, 3.05) is 6.61 Å². The Bertz CT molecular complexity index is 681. The third-order valence-electron chi connectivity index (χ3n) is 8.17. The summed E-state index contributed by atoms with van der Waals surface area (Å²) in [6.45, 7) is 3.08. The lowest BCUT2D eigenvalue weighted by Gasteiger charge is -2.44. The molecule has 0 aromatic heterocycles. The van der Waals surface area contributed by atoms with E-state index in [0.717, 1.165) is 48.8 Å². The molecule has 2 fully saturated rings. The van der Waals surface area contributed by atoms with Crippen molar-refractivity contribution in [2.45, 2.75) is 84.0 Å². The van der Waals surface area contributed by atoms with Crippen molar-refractivity contribution < 1.29 is 9.13 Å². The fourth-order valence-corrected chi connectivity index (χ4v) is 6.46. The van der Waals surface area contributed by atoms with Crippen molar-refractivity contribution in [3.63, 3.8) is 0 Å². The molecule has 1 aromatic rings. The topological polar surface area (TPSA) is 9.23 Å². The molecule has 0 N–H and O–H groups in total. The summed E-state index contributed by atoms with van der Waals surface area (Å²) in [4.78, 5) is 0. The number of hydrogen-bond donors (Lipinski definition) is 0. The number of hydrogen-bond acceptors (Lipinski definition) is 1. The fraction of sp³-hybridized carbons (Fsp3) is 0.704. The second kappa shape index (κ2) is 10.1. The molecule has 4 rings (SSSR count). The van der Waals surface area contributed by atoms with Gasteiger partial charge in [-0.05, 0) is 117 Å². The van der Waals surface area contributed by atoms with E-state index in [0.29, 0.717) is 5.92 Å². The first-order chi connectivity index (χ1) is 14.3. The zero-order chi connectivity index (χ0) is 20.1. The molecule has 0 bridgehead atoms. The largest absolute Gasteiger partial charge is 0.494 e. The van der Waals surface area contributed by atoms with Gasteiger partial charge in [0.15, 0.2) is 0 Å². The lowest BCUT2D eigenvalue weighted by Crippen LogP contribution is -2.34. The third-order valence-corrected chi connectivity index (χ3v) is 8.17. The molecule has 1 aromatic carbocycles. The number of allylic oxidation sites excluding steroid dienone is 1. The van der Waals surface area contributed by atoms with Gasteiger partial charge in [0.2, 0.25) is 0 Å². The van der Waals surface area contributed by atoms with E-state index in [9.17, 15) is 4.39 Å². The molecule has 0 saturated heterocycles. The molecule has 1 nitrogen and oxygen atoms in total. The highest BCUT2D eigenvalue weighted by molar-refractivity contribution is 5.37. The van der Waals surface area contributed by atoms with Crippen LogP contribution >= 0.6 is 0 Å². The summed E-state index contributed by atoms with van der Waals surface area (Å²) < 4.78 is 18.5. The Morgan fingerprint density at radius 3 is 2.55 bits per heavy atom. The number of aryl methyl sites for hydroxylation is 1. The number of fused-ring (bicyclic) bond motifs is 2. The van der Waals surface area contributed by atoms with Crippen molar-refractivity contribution in [3.05, 3.63) is 41.7 Å². The molecular formula is C27H39FO. The summed E-state index contributed by atoms with van der Waals surface area (Å²) in [5.41, 5.74) is 3.10. The summed E-state index contributed by atoms with van der Waals surface area (Å²) in [6, 6.07) is 6.86. The second-order valence-electron chi connectivity index (χ2n) is 9.97. The van der Waals surface area contributed by atoms with Gasteiger partial charge in [0.25, 0.3) is 0 Å². The van der Waals surface area contributed by atoms with Crippen LogP contribution in [0.15, 0.2) is 30.6 Å². The van der Waals surface area contributed by atoms with Gasteiger partial charge in [-0.2, -0.15) is 0 Å². The SMILES string of the molecule is CCCCCOc1ccc2c(c1)CCC(C1CCC3C[C@H](C=CF)CC[C@@H]3C1)C2. The van der Waals surface area contributed by atoms with Gasteiger partial charge < -0.3 is 4.74 Å². The Morgan fingerprint density at radius 2 is 1.72 bits per heavy atom. The number of rotatable bonds is 7. The van der Waals surface area contributed by atoms with Gasteiger partial charge in [0, 0.05) is 0 Å². The highest BCUT2D eigenvalue weighted by Gasteiger charge is 2.38. The van der Waals surface area contributed by atoms with E-state index in [1.165, 1.54) is 76.2 Å². The van der Waals surface area contributed by atoms with Crippen LogP contribution in [0.3, 0.4) is 0 Å². The van der Waals surface area contributed by atoms with E-state index >= 15 is 0 Å². The first-order valence-electron chi connectivity index (χ1n) is 12.3. The first kappa shape index (κ1) is 20.9. The van der Waals surface area contributed by atoms with Crippen LogP contribution in [0.4, 0.5) is 4.39 Å². The van der Waals surface area contributed by atoms with Crippen molar-refractivity contribution in [3.8, 4) is 5.75 Å². The summed E-state index contributed by atoms with van der Waals surface area (Å²) in [5.74, 6) is 5.09. The normalized spacial score (nSPS) is 32.0. The molecule has 0 amide bonds. The van der Waals surface area contributed by atoms with E-state index in [-0.39, 0.29) is 0 Å². The first-order valence-corrected chi connectivity index (χ1v) is 12.3. The van der Waals surface area contributed by atoms with Crippen LogP contribution in [-0.2, 0) is 12.8 Å². The van der Waals surface area contributed by atoms with Crippen molar-refractivity contribution in [1.29, 1.82) is 0 Å². The number of ether oxygens (including phenoxy) is 1. The molecule has 3 unspecified atom stereocenters.